The molecule has 0 saturated heterocycles. The van der Waals surface area contributed by atoms with Crippen LogP contribution in [-0.4, -0.2) is 10.7 Å². The molecule has 0 atom stereocenters. The van der Waals surface area contributed by atoms with Gasteiger partial charge in [-0.2, -0.15) is 5.10 Å². The van der Waals surface area contributed by atoms with Crippen LogP contribution in [0, 0.1) is 5.92 Å². The topological polar surface area (TPSA) is 54.2 Å². The summed E-state index contributed by atoms with van der Waals surface area (Å²) >= 11 is 3.35. The summed E-state index contributed by atoms with van der Waals surface area (Å²) in [7, 11) is 0. The smallest absolute Gasteiger partial charge is 0.0860 e. The van der Waals surface area contributed by atoms with Crippen molar-refractivity contribution < 1.29 is 0 Å². The summed E-state index contributed by atoms with van der Waals surface area (Å²) in [5.74, 6) is 5.60. The van der Waals surface area contributed by atoms with Gasteiger partial charge in [0.1, 0.15) is 0 Å². The Morgan fingerprint density at radius 2 is 2.33 bits per heavy atom. The maximum Gasteiger partial charge on any atom is 0.0860 e. The average Bonchev–Trinajstić information content (AvgIpc) is 2.37. The van der Waals surface area contributed by atoms with Gasteiger partial charge in [-0.25, -0.2) is 0 Å². The van der Waals surface area contributed by atoms with Gasteiger partial charge in [0, 0.05) is 10.7 Å². The van der Waals surface area contributed by atoms with Gasteiger partial charge in [-0.15, -0.1) is 0 Å². The Bertz CT molecular complexity index is 288. The van der Waals surface area contributed by atoms with Crippen molar-refractivity contribution in [1.82, 2.24) is 4.98 Å². The van der Waals surface area contributed by atoms with E-state index in [0.717, 1.165) is 15.9 Å². The fourth-order valence-corrected chi connectivity index (χ4v) is 1.39. The van der Waals surface area contributed by atoms with E-state index in [0.29, 0.717) is 5.92 Å². The number of rotatable bonds is 2. The molecule has 0 aliphatic carbocycles. The minimum atomic E-state index is 0.334. The molecule has 0 fully saturated rings. The van der Waals surface area contributed by atoms with Gasteiger partial charge < -0.3 is 10.8 Å². The number of hydrogen-bond acceptors (Lipinski definition) is 2. The number of aromatic amines is 1. The third-order valence-corrected chi connectivity index (χ3v) is 2.07. The molecular formula is C8H12BrN3. The van der Waals surface area contributed by atoms with Crippen molar-refractivity contribution in [3.05, 3.63) is 22.4 Å². The van der Waals surface area contributed by atoms with Gasteiger partial charge in [0.25, 0.3) is 0 Å². The molecule has 1 rings (SSSR count). The van der Waals surface area contributed by atoms with Crippen molar-refractivity contribution in [2.24, 2.45) is 16.9 Å². The largest absolute Gasteiger partial charge is 0.359 e. The maximum atomic E-state index is 5.27. The quantitative estimate of drug-likeness (QED) is 0.456. The Morgan fingerprint density at radius 3 is 2.67 bits per heavy atom. The molecule has 12 heavy (non-hydrogen) atoms. The molecule has 0 spiro atoms. The van der Waals surface area contributed by atoms with Crippen molar-refractivity contribution in [3.8, 4) is 0 Å². The van der Waals surface area contributed by atoms with Gasteiger partial charge in [0.05, 0.1) is 11.4 Å². The second kappa shape index (κ2) is 3.76. The predicted molar refractivity (Wildman–Crippen MR) is 54.1 cm³/mol. The molecule has 0 amide bonds. The highest BCUT2D eigenvalue weighted by Gasteiger charge is 2.09. The highest BCUT2D eigenvalue weighted by Crippen LogP contribution is 2.14. The maximum absolute atomic E-state index is 5.27. The van der Waals surface area contributed by atoms with Crippen LogP contribution in [0.4, 0.5) is 0 Å². The summed E-state index contributed by atoms with van der Waals surface area (Å²) in [4.78, 5) is 3.08. The minimum absolute atomic E-state index is 0.334. The molecule has 0 saturated carbocycles. The molecule has 1 heterocycles. The van der Waals surface area contributed by atoms with Crippen molar-refractivity contribution in [3.63, 3.8) is 0 Å². The van der Waals surface area contributed by atoms with Gasteiger partial charge in [-0.3, -0.25) is 0 Å². The number of hydrogen-bond donors (Lipinski definition) is 2. The molecule has 3 nitrogen and oxygen atoms in total. The summed E-state index contributed by atoms with van der Waals surface area (Å²) in [5.41, 5.74) is 1.86. The van der Waals surface area contributed by atoms with E-state index in [9.17, 15) is 0 Å². The first-order chi connectivity index (χ1) is 5.65. The lowest BCUT2D eigenvalue weighted by atomic mass is 10.1. The van der Waals surface area contributed by atoms with Crippen LogP contribution in [0.25, 0.3) is 0 Å². The number of H-pyrrole nitrogens is 1. The first kappa shape index (κ1) is 9.32. The standard InChI is InChI=1S/C8H12BrN3/c1-5(2)8(12-10)7-3-6(9)4-11-7/h3-5,11H,10H2,1-2H3. The lowest BCUT2D eigenvalue weighted by Crippen LogP contribution is -2.12. The molecule has 66 valence electrons. The van der Waals surface area contributed by atoms with Crippen LogP contribution in [0.3, 0.4) is 0 Å². The van der Waals surface area contributed by atoms with E-state index in [-0.39, 0.29) is 0 Å². The summed E-state index contributed by atoms with van der Waals surface area (Å²) in [5, 5.41) is 3.74. The Kier molecular flexibility index (Phi) is 2.92. The average molecular weight is 230 g/mol. The molecule has 0 bridgehead atoms. The van der Waals surface area contributed by atoms with Gasteiger partial charge >= 0.3 is 0 Å². The van der Waals surface area contributed by atoms with Crippen molar-refractivity contribution >= 4 is 21.6 Å². The molecule has 0 radical (unpaired) electrons. The van der Waals surface area contributed by atoms with E-state index in [4.69, 9.17) is 5.84 Å². The summed E-state index contributed by atoms with van der Waals surface area (Å²) < 4.78 is 1.01. The van der Waals surface area contributed by atoms with E-state index in [2.05, 4.69) is 39.9 Å². The second-order valence-corrected chi connectivity index (χ2v) is 3.82. The van der Waals surface area contributed by atoms with Crippen molar-refractivity contribution in [1.29, 1.82) is 0 Å². The number of halogens is 1. The monoisotopic (exact) mass is 229 g/mol. The Morgan fingerprint density at radius 1 is 1.67 bits per heavy atom. The fourth-order valence-electron chi connectivity index (χ4n) is 1.05. The Labute approximate surface area is 80.2 Å². The zero-order valence-corrected chi connectivity index (χ0v) is 8.72. The molecule has 0 aliphatic rings. The van der Waals surface area contributed by atoms with Gasteiger partial charge in [-0.1, -0.05) is 13.8 Å². The zero-order valence-electron chi connectivity index (χ0n) is 7.13. The normalized spacial score (nSPS) is 12.5. The van der Waals surface area contributed by atoms with Gasteiger partial charge in [0.15, 0.2) is 0 Å². The third kappa shape index (κ3) is 1.88. The molecule has 0 unspecified atom stereocenters. The zero-order chi connectivity index (χ0) is 9.14. The van der Waals surface area contributed by atoms with Crippen LogP contribution >= 0.6 is 15.9 Å². The van der Waals surface area contributed by atoms with E-state index >= 15 is 0 Å². The lowest BCUT2D eigenvalue weighted by molar-refractivity contribution is 0.871. The highest BCUT2D eigenvalue weighted by molar-refractivity contribution is 9.10. The van der Waals surface area contributed by atoms with Gasteiger partial charge in [-0.05, 0) is 27.9 Å². The number of nitrogens with zero attached hydrogens (tertiary/aromatic N) is 1. The first-order valence-corrected chi connectivity index (χ1v) is 4.56. The predicted octanol–water partition coefficient (Wildman–Crippen LogP) is 2.10. The van der Waals surface area contributed by atoms with Crippen LogP contribution in [-0.2, 0) is 0 Å². The number of nitrogens with two attached hydrogens (primary N) is 1. The van der Waals surface area contributed by atoms with E-state index in [1.165, 1.54) is 0 Å². The molecule has 0 aromatic carbocycles. The fraction of sp³-hybridized carbons (Fsp3) is 0.375. The molecule has 4 heteroatoms. The van der Waals surface area contributed by atoms with Crippen LogP contribution < -0.4 is 5.84 Å². The van der Waals surface area contributed by atoms with Crippen molar-refractivity contribution in [2.45, 2.75) is 13.8 Å². The first-order valence-electron chi connectivity index (χ1n) is 3.77. The third-order valence-electron chi connectivity index (χ3n) is 1.61. The molecule has 1 aromatic rings. The van der Waals surface area contributed by atoms with Crippen LogP contribution in [0.5, 0.6) is 0 Å². The van der Waals surface area contributed by atoms with E-state index < -0.39 is 0 Å². The van der Waals surface area contributed by atoms with Crippen molar-refractivity contribution in [2.75, 3.05) is 0 Å². The molecular weight excluding hydrogens is 218 g/mol. The highest BCUT2D eigenvalue weighted by atomic mass is 79.9. The second-order valence-electron chi connectivity index (χ2n) is 2.90. The molecule has 3 N–H and O–H groups in total. The Hall–Kier alpha value is -0.770. The lowest BCUT2D eigenvalue weighted by Gasteiger charge is -2.05. The van der Waals surface area contributed by atoms with Crippen LogP contribution in [0.2, 0.25) is 0 Å². The van der Waals surface area contributed by atoms with Gasteiger partial charge in [0.2, 0.25) is 0 Å². The summed E-state index contributed by atoms with van der Waals surface area (Å²) in [6.07, 6.45) is 1.86. The molecule has 1 aromatic heterocycles. The number of aromatic nitrogens is 1. The summed E-state index contributed by atoms with van der Waals surface area (Å²) in [6, 6.07) is 1.96. The Balaban J connectivity index is 2.96. The number of nitrogens with one attached hydrogen (secondary N) is 1. The van der Waals surface area contributed by atoms with Crippen LogP contribution in [0.15, 0.2) is 21.8 Å². The van der Waals surface area contributed by atoms with E-state index in [1.807, 2.05) is 12.3 Å². The van der Waals surface area contributed by atoms with Crippen LogP contribution in [0.1, 0.15) is 19.5 Å². The van der Waals surface area contributed by atoms with E-state index in [1.54, 1.807) is 0 Å². The minimum Gasteiger partial charge on any atom is -0.359 e. The molecule has 0 aliphatic heterocycles. The SMILES string of the molecule is CC(C)C(=NN)c1cc(Br)c[nH]1. The summed E-state index contributed by atoms with van der Waals surface area (Å²) in [6.45, 7) is 4.11. The number of hydrazone groups is 1.